The molecule has 0 bridgehead atoms. The molecule has 1 atom stereocenters. The van der Waals surface area contributed by atoms with Gasteiger partial charge in [-0.3, -0.25) is 4.79 Å². The van der Waals surface area contributed by atoms with E-state index in [1.54, 1.807) is 11.0 Å². The maximum absolute atomic E-state index is 11.5. The molecule has 0 saturated carbocycles. The minimum Gasteiger partial charge on any atom is -0.478 e. The molecule has 2 rings (SSSR count). The summed E-state index contributed by atoms with van der Waals surface area (Å²) in [6.07, 6.45) is 1.54. The number of aryl methyl sites for hydroxylation is 1. The van der Waals surface area contributed by atoms with Gasteiger partial charge in [0.2, 0.25) is 5.91 Å². The number of amides is 1. The molecule has 0 spiro atoms. The number of hydrogen-bond donors (Lipinski definition) is 2. The quantitative estimate of drug-likeness (QED) is 0.815. The Balaban J connectivity index is 2.40. The number of nitrogens with zero attached hydrogens (tertiary/aromatic N) is 2. The number of nitrogens with two attached hydrogens (primary N) is 1. The molecule has 1 aromatic heterocycles. The number of carbonyl (C=O) groups is 2. The Morgan fingerprint density at radius 1 is 1.52 bits per heavy atom. The van der Waals surface area contributed by atoms with Crippen molar-refractivity contribution in [3.63, 3.8) is 0 Å². The van der Waals surface area contributed by atoms with Crippen LogP contribution in [0.4, 0.5) is 5.82 Å². The molecule has 1 amide bonds. The lowest BCUT2D eigenvalue weighted by molar-refractivity contribution is -0.121. The van der Waals surface area contributed by atoms with Crippen molar-refractivity contribution in [1.29, 1.82) is 0 Å². The molecule has 7 heteroatoms. The van der Waals surface area contributed by atoms with Gasteiger partial charge in [0, 0.05) is 12.2 Å². The molecule has 1 saturated heterocycles. The standard InChI is InChI=1S/C14H19N3O4/c1-2-3-10-6-9(14(19)20)7-12(16-10)17-4-5-21-8-11(17)13(15)18/h6-7,11H,2-5,8H2,1H3,(H2,15,18)(H,19,20). The van der Waals surface area contributed by atoms with Crippen LogP contribution < -0.4 is 10.6 Å². The van der Waals surface area contributed by atoms with Crippen molar-refractivity contribution in [2.24, 2.45) is 5.73 Å². The first kappa shape index (κ1) is 15.2. The Kier molecular flexibility index (Phi) is 4.74. The SMILES string of the molecule is CCCc1cc(C(=O)O)cc(N2CCOCC2C(N)=O)n1. The van der Waals surface area contributed by atoms with Gasteiger partial charge in [-0.2, -0.15) is 0 Å². The minimum atomic E-state index is -1.01. The maximum atomic E-state index is 11.5. The van der Waals surface area contributed by atoms with Gasteiger partial charge in [0.15, 0.2) is 0 Å². The maximum Gasteiger partial charge on any atom is 0.335 e. The van der Waals surface area contributed by atoms with E-state index in [4.69, 9.17) is 10.5 Å². The van der Waals surface area contributed by atoms with Crippen molar-refractivity contribution >= 4 is 17.7 Å². The Bertz CT molecular complexity index is 547. The second-order valence-electron chi connectivity index (χ2n) is 4.95. The molecule has 2 heterocycles. The molecule has 1 aliphatic heterocycles. The van der Waals surface area contributed by atoms with Crippen molar-refractivity contribution in [2.75, 3.05) is 24.7 Å². The fraction of sp³-hybridized carbons (Fsp3) is 0.500. The molecule has 7 nitrogen and oxygen atoms in total. The van der Waals surface area contributed by atoms with Crippen LogP contribution in [-0.2, 0) is 16.0 Å². The third kappa shape index (κ3) is 3.49. The Labute approximate surface area is 122 Å². The zero-order valence-electron chi connectivity index (χ0n) is 11.9. The number of ether oxygens (including phenoxy) is 1. The molecule has 3 N–H and O–H groups in total. The third-order valence-electron chi connectivity index (χ3n) is 3.37. The van der Waals surface area contributed by atoms with Crippen LogP contribution in [0.15, 0.2) is 12.1 Å². The van der Waals surface area contributed by atoms with E-state index in [0.29, 0.717) is 31.1 Å². The van der Waals surface area contributed by atoms with Crippen LogP contribution in [0.3, 0.4) is 0 Å². The van der Waals surface area contributed by atoms with Gasteiger partial charge in [-0.15, -0.1) is 0 Å². The highest BCUT2D eigenvalue weighted by molar-refractivity contribution is 5.89. The van der Waals surface area contributed by atoms with Crippen LogP contribution in [-0.4, -0.2) is 47.8 Å². The smallest absolute Gasteiger partial charge is 0.335 e. The first-order valence-corrected chi connectivity index (χ1v) is 6.91. The van der Waals surface area contributed by atoms with Gasteiger partial charge in [0.1, 0.15) is 11.9 Å². The number of carboxylic acid groups (broad SMARTS) is 1. The second-order valence-corrected chi connectivity index (χ2v) is 4.95. The highest BCUT2D eigenvalue weighted by Gasteiger charge is 2.29. The summed E-state index contributed by atoms with van der Waals surface area (Å²) in [5.74, 6) is -1.06. The van der Waals surface area contributed by atoms with Gasteiger partial charge in [-0.1, -0.05) is 13.3 Å². The number of hydrogen-bond acceptors (Lipinski definition) is 5. The minimum absolute atomic E-state index is 0.165. The molecular weight excluding hydrogens is 274 g/mol. The summed E-state index contributed by atoms with van der Waals surface area (Å²) in [4.78, 5) is 28.9. The van der Waals surface area contributed by atoms with Crippen LogP contribution in [0, 0.1) is 0 Å². The second kappa shape index (κ2) is 6.53. The molecule has 0 aliphatic carbocycles. The number of aromatic nitrogens is 1. The van der Waals surface area contributed by atoms with E-state index in [2.05, 4.69) is 4.98 Å². The van der Waals surface area contributed by atoms with E-state index in [1.165, 1.54) is 6.07 Å². The molecule has 1 unspecified atom stereocenters. The van der Waals surface area contributed by atoms with Crippen LogP contribution in [0.1, 0.15) is 29.4 Å². The Hall–Kier alpha value is -2.15. The number of primary amides is 1. The average molecular weight is 293 g/mol. The Morgan fingerprint density at radius 3 is 2.90 bits per heavy atom. The summed E-state index contributed by atoms with van der Waals surface area (Å²) in [5, 5.41) is 9.21. The highest BCUT2D eigenvalue weighted by atomic mass is 16.5. The van der Waals surface area contributed by atoms with E-state index in [-0.39, 0.29) is 12.2 Å². The van der Waals surface area contributed by atoms with Crippen molar-refractivity contribution in [1.82, 2.24) is 4.98 Å². The summed E-state index contributed by atoms with van der Waals surface area (Å²) in [6.45, 7) is 3.09. The molecule has 0 aromatic carbocycles. The van der Waals surface area contributed by atoms with Crippen molar-refractivity contribution in [3.8, 4) is 0 Å². The summed E-state index contributed by atoms with van der Waals surface area (Å²) in [6, 6.07) is 2.42. The number of aromatic carboxylic acids is 1. The van der Waals surface area contributed by atoms with Gasteiger partial charge >= 0.3 is 5.97 Å². The number of rotatable bonds is 5. The zero-order valence-corrected chi connectivity index (χ0v) is 11.9. The number of pyridine rings is 1. The molecule has 1 aromatic rings. The fourth-order valence-electron chi connectivity index (χ4n) is 2.34. The van der Waals surface area contributed by atoms with Gasteiger partial charge in [0.25, 0.3) is 0 Å². The first-order chi connectivity index (χ1) is 10.0. The number of carbonyl (C=O) groups excluding carboxylic acids is 1. The Morgan fingerprint density at radius 2 is 2.29 bits per heavy atom. The fourth-order valence-corrected chi connectivity index (χ4v) is 2.34. The van der Waals surface area contributed by atoms with Gasteiger partial charge in [-0.25, -0.2) is 9.78 Å². The lowest BCUT2D eigenvalue weighted by Gasteiger charge is -2.34. The van der Waals surface area contributed by atoms with E-state index in [9.17, 15) is 14.7 Å². The van der Waals surface area contributed by atoms with Gasteiger partial charge in [-0.05, 0) is 18.6 Å². The summed E-state index contributed by atoms with van der Waals surface area (Å²) in [7, 11) is 0. The van der Waals surface area contributed by atoms with Crippen LogP contribution in [0.2, 0.25) is 0 Å². The van der Waals surface area contributed by atoms with E-state index in [0.717, 1.165) is 6.42 Å². The van der Waals surface area contributed by atoms with Crippen LogP contribution >= 0.6 is 0 Å². The monoisotopic (exact) mass is 293 g/mol. The van der Waals surface area contributed by atoms with Crippen LogP contribution in [0.5, 0.6) is 0 Å². The number of morpholine rings is 1. The first-order valence-electron chi connectivity index (χ1n) is 6.91. The van der Waals surface area contributed by atoms with Gasteiger partial charge in [0.05, 0.1) is 18.8 Å². The normalized spacial score (nSPS) is 18.5. The lowest BCUT2D eigenvalue weighted by Crippen LogP contribution is -2.53. The molecule has 21 heavy (non-hydrogen) atoms. The molecule has 1 aliphatic rings. The van der Waals surface area contributed by atoms with Crippen molar-refractivity contribution in [2.45, 2.75) is 25.8 Å². The molecule has 114 valence electrons. The van der Waals surface area contributed by atoms with Crippen molar-refractivity contribution in [3.05, 3.63) is 23.4 Å². The zero-order chi connectivity index (χ0) is 15.4. The summed E-state index contributed by atoms with van der Waals surface area (Å²) >= 11 is 0. The molecular formula is C14H19N3O4. The number of carboxylic acids is 1. The predicted octanol–water partition coefficient (Wildman–Crippen LogP) is 0.423. The molecule has 0 radical (unpaired) electrons. The topological polar surface area (TPSA) is 106 Å². The lowest BCUT2D eigenvalue weighted by atomic mass is 10.1. The summed E-state index contributed by atoms with van der Waals surface area (Å²) in [5.41, 5.74) is 6.25. The third-order valence-corrected chi connectivity index (χ3v) is 3.37. The van der Waals surface area contributed by atoms with E-state index in [1.807, 2.05) is 6.92 Å². The number of anilines is 1. The van der Waals surface area contributed by atoms with E-state index < -0.39 is 17.9 Å². The van der Waals surface area contributed by atoms with Crippen LogP contribution in [0.25, 0.3) is 0 Å². The largest absolute Gasteiger partial charge is 0.478 e. The summed E-state index contributed by atoms with van der Waals surface area (Å²) < 4.78 is 5.26. The average Bonchev–Trinajstić information content (AvgIpc) is 2.47. The van der Waals surface area contributed by atoms with Gasteiger partial charge < -0.3 is 20.5 Å². The van der Waals surface area contributed by atoms with E-state index >= 15 is 0 Å². The molecule has 1 fully saturated rings. The highest BCUT2D eigenvalue weighted by Crippen LogP contribution is 2.21. The predicted molar refractivity (Wildman–Crippen MR) is 76.3 cm³/mol. The van der Waals surface area contributed by atoms with Crippen molar-refractivity contribution < 1.29 is 19.4 Å².